The van der Waals surface area contributed by atoms with E-state index in [0.29, 0.717) is 0 Å². The van der Waals surface area contributed by atoms with Gasteiger partial charge in [0.2, 0.25) is 0 Å². The van der Waals surface area contributed by atoms with Crippen molar-refractivity contribution in [1.82, 2.24) is 0 Å². The predicted octanol–water partition coefficient (Wildman–Crippen LogP) is 2.42. The molecule has 0 aliphatic heterocycles. The lowest BCUT2D eigenvalue weighted by Gasteiger charge is -1.85. The summed E-state index contributed by atoms with van der Waals surface area (Å²) in [6, 6.07) is 9.91. The molecule has 9 heavy (non-hydrogen) atoms. The van der Waals surface area contributed by atoms with Gasteiger partial charge in [0, 0.05) is 6.21 Å². The number of hydrogen-bond donors (Lipinski definition) is 0. The van der Waals surface area contributed by atoms with Crippen LogP contribution in [0.2, 0.25) is 0 Å². The Morgan fingerprint density at radius 2 is 1.89 bits per heavy atom. The smallest absolute Gasteiger partial charge is 0.0733 e. The standard InChI is InChI=1S/C7H6BrN/c8-9-6-7-4-2-1-3-5-7/h1-6H. The SMILES string of the molecule is BrN=Cc1ccccc1. The van der Waals surface area contributed by atoms with E-state index in [4.69, 9.17) is 0 Å². The average molecular weight is 184 g/mol. The first kappa shape index (κ1) is 6.49. The molecule has 1 aromatic carbocycles. The Labute approximate surface area is 62.8 Å². The molecular formula is C7H6BrN. The summed E-state index contributed by atoms with van der Waals surface area (Å²) in [5.41, 5.74) is 1.11. The van der Waals surface area contributed by atoms with Crippen molar-refractivity contribution in [3.63, 3.8) is 0 Å². The zero-order valence-electron chi connectivity index (χ0n) is 4.79. The van der Waals surface area contributed by atoms with Gasteiger partial charge in [-0.2, -0.15) is 0 Å². The highest BCUT2D eigenvalue weighted by Gasteiger charge is 1.79. The minimum Gasteiger partial charge on any atom is -0.215 e. The van der Waals surface area contributed by atoms with Crippen LogP contribution in [0.5, 0.6) is 0 Å². The van der Waals surface area contributed by atoms with Crippen LogP contribution >= 0.6 is 16.1 Å². The highest BCUT2D eigenvalue weighted by atomic mass is 79.9. The number of halogens is 1. The van der Waals surface area contributed by atoms with Crippen molar-refractivity contribution in [2.75, 3.05) is 0 Å². The van der Waals surface area contributed by atoms with Gasteiger partial charge in [-0.15, -0.1) is 0 Å². The fourth-order valence-electron chi connectivity index (χ4n) is 0.595. The first-order valence-electron chi connectivity index (χ1n) is 2.63. The molecule has 1 nitrogen and oxygen atoms in total. The molecule has 0 heterocycles. The molecule has 2 heteroatoms. The van der Waals surface area contributed by atoms with Crippen molar-refractivity contribution in [2.24, 2.45) is 4.02 Å². The van der Waals surface area contributed by atoms with E-state index in [1.165, 1.54) is 0 Å². The van der Waals surface area contributed by atoms with Gasteiger partial charge in [-0.05, 0) is 5.56 Å². The number of nitrogens with zero attached hydrogens (tertiary/aromatic N) is 1. The van der Waals surface area contributed by atoms with Crippen LogP contribution in [0, 0.1) is 0 Å². The second-order valence-corrected chi connectivity index (χ2v) is 2.05. The van der Waals surface area contributed by atoms with Crippen LogP contribution in [0.4, 0.5) is 0 Å². The lowest BCUT2D eigenvalue weighted by atomic mass is 10.2. The van der Waals surface area contributed by atoms with E-state index < -0.39 is 0 Å². The van der Waals surface area contributed by atoms with Crippen LogP contribution in [0.3, 0.4) is 0 Å². The minimum atomic E-state index is 1.11. The molecule has 0 amide bonds. The summed E-state index contributed by atoms with van der Waals surface area (Å²) in [5.74, 6) is 0. The van der Waals surface area contributed by atoms with E-state index in [1.54, 1.807) is 6.21 Å². The van der Waals surface area contributed by atoms with E-state index in [2.05, 4.69) is 20.2 Å². The van der Waals surface area contributed by atoms with Gasteiger partial charge in [0.15, 0.2) is 0 Å². The maximum absolute atomic E-state index is 3.69. The molecule has 0 aromatic heterocycles. The Kier molecular flexibility index (Phi) is 2.46. The molecule has 0 radical (unpaired) electrons. The molecule has 0 saturated heterocycles. The topological polar surface area (TPSA) is 12.4 Å². The van der Waals surface area contributed by atoms with Crippen molar-refractivity contribution in [2.45, 2.75) is 0 Å². The average Bonchev–Trinajstić information content (AvgIpc) is 1.91. The molecule has 0 atom stereocenters. The highest BCUT2D eigenvalue weighted by Crippen LogP contribution is 1.94. The molecule has 1 aromatic rings. The van der Waals surface area contributed by atoms with Gasteiger partial charge in [0.25, 0.3) is 0 Å². The molecule has 0 fully saturated rings. The Morgan fingerprint density at radius 3 is 2.44 bits per heavy atom. The Morgan fingerprint density at radius 1 is 1.22 bits per heavy atom. The number of hydrogen-bond acceptors (Lipinski definition) is 1. The lowest BCUT2D eigenvalue weighted by molar-refractivity contribution is 1.67. The van der Waals surface area contributed by atoms with Crippen molar-refractivity contribution >= 4 is 22.4 Å². The van der Waals surface area contributed by atoms with Crippen LogP contribution in [-0.2, 0) is 0 Å². The minimum absolute atomic E-state index is 1.11. The summed E-state index contributed by atoms with van der Waals surface area (Å²) in [6.07, 6.45) is 1.75. The van der Waals surface area contributed by atoms with E-state index in [1.807, 2.05) is 30.3 Å². The van der Waals surface area contributed by atoms with E-state index in [9.17, 15) is 0 Å². The molecular weight excluding hydrogens is 178 g/mol. The van der Waals surface area contributed by atoms with E-state index in [-0.39, 0.29) is 0 Å². The normalized spacial score (nSPS) is 10.3. The lowest BCUT2D eigenvalue weighted by Crippen LogP contribution is -1.74. The summed E-state index contributed by atoms with van der Waals surface area (Å²) in [6.45, 7) is 0. The van der Waals surface area contributed by atoms with Crippen molar-refractivity contribution < 1.29 is 0 Å². The molecule has 1 rings (SSSR count). The Hall–Kier alpha value is -0.630. The number of benzene rings is 1. The van der Waals surface area contributed by atoms with Gasteiger partial charge in [-0.3, -0.25) is 0 Å². The summed E-state index contributed by atoms with van der Waals surface area (Å²) < 4.78 is 3.69. The molecule has 46 valence electrons. The van der Waals surface area contributed by atoms with Gasteiger partial charge in [-0.25, -0.2) is 4.02 Å². The summed E-state index contributed by atoms with van der Waals surface area (Å²) in [5, 5.41) is 0. The Bertz CT molecular complexity index is 193. The molecule has 0 bridgehead atoms. The summed E-state index contributed by atoms with van der Waals surface area (Å²) in [7, 11) is 0. The highest BCUT2D eigenvalue weighted by molar-refractivity contribution is 9.08. The second kappa shape index (κ2) is 3.41. The van der Waals surface area contributed by atoms with Crippen LogP contribution in [-0.4, -0.2) is 6.21 Å². The van der Waals surface area contributed by atoms with E-state index >= 15 is 0 Å². The zero-order valence-corrected chi connectivity index (χ0v) is 6.38. The Balaban J connectivity index is 2.85. The molecule has 0 aliphatic rings. The van der Waals surface area contributed by atoms with Crippen molar-refractivity contribution in [3.05, 3.63) is 35.9 Å². The fraction of sp³-hybridized carbons (Fsp3) is 0. The molecule has 0 unspecified atom stereocenters. The molecule has 0 N–H and O–H groups in total. The van der Waals surface area contributed by atoms with Crippen LogP contribution < -0.4 is 0 Å². The molecule has 0 saturated carbocycles. The maximum Gasteiger partial charge on any atom is 0.0733 e. The van der Waals surface area contributed by atoms with Gasteiger partial charge < -0.3 is 0 Å². The third-order valence-electron chi connectivity index (χ3n) is 0.997. The van der Waals surface area contributed by atoms with Crippen LogP contribution in [0.15, 0.2) is 34.4 Å². The van der Waals surface area contributed by atoms with Gasteiger partial charge in [0.05, 0.1) is 16.1 Å². The van der Waals surface area contributed by atoms with E-state index in [0.717, 1.165) is 5.56 Å². The number of rotatable bonds is 1. The van der Waals surface area contributed by atoms with Crippen molar-refractivity contribution in [3.8, 4) is 0 Å². The first-order valence-corrected chi connectivity index (χ1v) is 3.34. The quantitative estimate of drug-likeness (QED) is 0.594. The van der Waals surface area contributed by atoms with Crippen molar-refractivity contribution in [1.29, 1.82) is 0 Å². The van der Waals surface area contributed by atoms with Crippen LogP contribution in [0.25, 0.3) is 0 Å². The third kappa shape index (κ3) is 1.98. The molecule has 0 aliphatic carbocycles. The monoisotopic (exact) mass is 183 g/mol. The van der Waals surface area contributed by atoms with Gasteiger partial charge in [0.1, 0.15) is 0 Å². The maximum atomic E-state index is 3.69. The van der Waals surface area contributed by atoms with Gasteiger partial charge in [-0.1, -0.05) is 30.3 Å². The fourth-order valence-corrected chi connectivity index (χ4v) is 0.832. The summed E-state index contributed by atoms with van der Waals surface area (Å²) >= 11 is 2.96. The second-order valence-electron chi connectivity index (χ2n) is 1.64. The van der Waals surface area contributed by atoms with Crippen LogP contribution in [0.1, 0.15) is 5.56 Å². The molecule has 0 spiro atoms. The van der Waals surface area contributed by atoms with Gasteiger partial charge >= 0.3 is 0 Å². The largest absolute Gasteiger partial charge is 0.215 e. The summed E-state index contributed by atoms with van der Waals surface area (Å²) in [4.78, 5) is 0. The predicted molar refractivity (Wildman–Crippen MR) is 43.0 cm³/mol. The third-order valence-corrected chi connectivity index (χ3v) is 1.20. The zero-order chi connectivity index (χ0) is 6.53. The first-order chi connectivity index (χ1) is 4.43.